The van der Waals surface area contributed by atoms with Crippen molar-refractivity contribution < 1.29 is 9.59 Å². The molecular weight excluding hydrogens is 320 g/mol. The van der Waals surface area contributed by atoms with Gasteiger partial charge in [0.05, 0.1) is 13.1 Å². The monoisotopic (exact) mass is 342 g/mol. The van der Waals surface area contributed by atoms with Gasteiger partial charge in [-0.15, -0.1) is 10.2 Å². The number of nitrogens with one attached hydrogen (secondary N) is 1. The van der Waals surface area contributed by atoms with Crippen molar-refractivity contribution >= 4 is 11.8 Å². The zero-order valence-corrected chi connectivity index (χ0v) is 14.0. The van der Waals surface area contributed by atoms with Crippen molar-refractivity contribution in [2.45, 2.75) is 19.4 Å². The fraction of sp³-hybridized carbons (Fsp3) is 0.412. The molecule has 1 saturated heterocycles. The molecule has 0 spiro atoms. The minimum atomic E-state index is -0.246. The number of likely N-dealkylation sites (tertiary alicyclic amines) is 1. The van der Waals surface area contributed by atoms with E-state index >= 15 is 0 Å². The quantitative estimate of drug-likeness (QED) is 0.773. The van der Waals surface area contributed by atoms with Crippen LogP contribution in [0.2, 0.25) is 0 Å². The molecule has 3 N–H and O–H groups in total. The summed E-state index contributed by atoms with van der Waals surface area (Å²) < 4.78 is 1.85. The lowest BCUT2D eigenvalue weighted by Crippen LogP contribution is -2.43. The number of hydrogen-bond acceptors (Lipinski definition) is 5. The van der Waals surface area contributed by atoms with Gasteiger partial charge in [0.15, 0.2) is 5.82 Å². The number of primary amides is 1. The molecule has 1 aromatic heterocycles. The van der Waals surface area contributed by atoms with Gasteiger partial charge in [0.1, 0.15) is 6.33 Å². The summed E-state index contributed by atoms with van der Waals surface area (Å²) in [4.78, 5) is 25.4. The molecule has 1 aliphatic heterocycles. The van der Waals surface area contributed by atoms with Gasteiger partial charge in [-0.3, -0.25) is 19.1 Å². The predicted octanol–water partition coefficient (Wildman–Crippen LogP) is 0.0808. The van der Waals surface area contributed by atoms with E-state index in [1.165, 1.54) is 0 Å². The molecule has 25 heavy (non-hydrogen) atoms. The fourth-order valence-electron chi connectivity index (χ4n) is 3.00. The van der Waals surface area contributed by atoms with Crippen LogP contribution in [-0.2, 0) is 16.1 Å². The van der Waals surface area contributed by atoms with Crippen molar-refractivity contribution in [2.24, 2.45) is 11.7 Å². The minimum absolute atomic E-state index is 0.0660. The van der Waals surface area contributed by atoms with Crippen LogP contribution in [0.3, 0.4) is 0 Å². The van der Waals surface area contributed by atoms with Crippen LogP contribution in [0.25, 0.3) is 5.69 Å². The van der Waals surface area contributed by atoms with Gasteiger partial charge in [0.25, 0.3) is 0 Å². The number of nitrogens with two attached hydrogens (primary N) is 1. The molecule has 1 aromatic carbocycles. The van der Waals surface area contributed by atoms with Crippen LogP contribution in [0.15, 0.2) is 36.7 Å². The second-order valence-electron chi connectivity index (χ2n) is 6.18. The van der Waals surface area contributed by atoms with Crippen LogP contribution in [0.5, 0.6) is 0 Å². The van der Waals surface area contributed by atoms with Crippen molar-refractivity contribution in [1.82, 2.24) is 25.0 Å². The van der Waals surface area contributed by atoms with Gasteiger partial charge in [0.2, 0.25) is 11.8 Å². The summed E-state index contributed by atoms with van der Waals surface area (Å²) in [5.74, 6) is 0.292. The zero-order valence-electron chi connectivity index (χ0n) is 14.0. The van der Waals surface area contributed by atoms with E-state index in [2.05, 4.69) is 15.5 Å². The van der Waals surface area contributed by atoms with E-state index in [1.807, 2.05) is 39.8 Å². The third-order valence-electron chi connectivity index (χ3n) is 4.45. The molecule has 1 aliphatic rings. The molecule has 3 rings (SSSR count). The highest BCUT2D eigenvalue weighted by molar-refractivity contribution is 5.78. The fourth-order valence-corrected chi connectivity index (χ4v) is 3.00. The van der Waals surface area contributed by atoms with Gasteiger partial charge >= 0.3 is 0 Å². The highest BCUT2D eigenvalue weighted by Crippen LogP contribution is 2.16. The summed E-state index contributed by atoms with van der Waals surface area (Å²) >= 11 is 0. The molecular formula is C17H22N6O2. The molecule has 8 heteroatoms. The Bertz CT molecular complexity index is 722. The van der Waals surface area contributed by atoms with E-state index in [9.17, 15) is 9.59 Å². The smallest absolute Gasteiger partial charge is 0.234 e. The van der Waals surface area contributed by atoms with Crippen molar-refractivity contribution in [3.05, 3.63) is 42.5 Å². The lowest BCUT2D eigenvalue weighted by Gasteiger charge is -2.29. The van der Waals surface area contributed by atoms with Crippen LogP contribution in [0.4, 0.5) is 0 Å². The van der Waals surface area contributed by atoms with Gasteiger partial charge in [0, 0.05) is 11.6 Å². The largest absolute Gasteiger partial charge is 0.369 e. The second-order valence-corrected chi connectivity index (χ2v) is 6.18. The van der Waals surface area contributed by atoms with Crippen molar-refractivity contribution in [2.75, 3.05) is 19.6 Å². The van der Waals surface area contributed by atoms with E-state index in [4.69, 9.17) is 5.73 Å². The summed E-state index contributed by atoms with van der Waals surface area (Å²) in [6.07, 6.45) is 3.06. The second kappa shape index (κ2) is 7.89. The minimum Gasteiger partial charge on any atom is -0.369 e. The van der Waals surface area contributed by atoms with Gasteiger partial charge in [-0.1, -0.05) is 18.2 Å². The van der Waals surface area contributed by atoms with Crippen molar-refractivity contribution in [1.29, 1.82) is 0 Å². The van der Waals surface area contributed by atoms with Crippen LogP contribution >= 0.6 is 0 Å². The first-order chi connectivity index (χ1) is 12.1. The maximum atomic E-state index is 12.2. The Balaban J connectivity index is 1.49. The molecule has 2 heterocycles. The van der Waals surface area contributed by atoms with E-state index in [1.54, 1.807) is 6.33 Å². The van der Waals surface area contributed by atoms with Crippen LogP contribution in [0, 0.1) is 5.92 Å². The number of hydrogen-bond donors (Lipinski definition) is 2. The van der Waals surface area contributed by atoms with Gasteiger partial charge in [-0.2, -0.15) is 0 Å². The topological polar surface area (TPSA) is 106 Å². The Labute approximate surface area is 146 Å². The molecule has 2 amide bonds. The Morgan fingerprint density at radius 3 is 2.60 bits per heavy atom. The van der Waals surface area contributed by atoms with Gasteiger partial charge in [-0.05, 0) is 38.1 Å². The molecule has 0 radical (unpaired) electrons. The summed E-state index contributed by atoms with van der Waals surface area (Å²) in [6.45, 7) is 2.04. The number of para-hydroxylation sites is 1. The van der Waals surface area contributed by atoms with Crippen molar-refractivity contribution in [3.63, 3.8) is 0 Å². The van der Waals surface area contributed by atoms with E-state index in [0.29, 0.717) is 44.8 Å². The first-order valence-corrected chi connectivity index (χ1v) is 8.36. The van der Waals surface area contributed by atoms with Gasteiger partial charge < -0.3 is 11.1 Å². The number of carbonyl (C=O) groups excluding carboxylic acids is 2. The average Bonchev–Trinajstić information content (AvgIpc) is 3.10. The van der Waals surface area contributed by atoms with E-state index in [-0.39, 0.29) is 17.7 Å². The molecule has 0 aliphatic carbocycles. The molecule has 2 aromatic rings. The molecule has 0 bridgehead atoms. The van der Waals surface area contributed by atoms with E-state index in [0.717, 1.165) is 5.69 Å². The molecule has 0 unspecified atom stereocenters. The third kappa shape index (κ3) is 4.42. The first-order valence-electron chi connectivity index (χ1n) is 8.36. The number of carbonyl (C=O) groups is 2. The van der Waals surface area contributed by atoms with Gasteiger partial charge in [-0.25, -0.2) is 0 Å². The molecule has 0 saturated carbocycles. The summed E-state index contributed by atoms with van der Waals surface area (Å²) in [6, 6.07) is 9.73. The Morgan fingerprint density at radius 1 is 1.20 bits per heavy atom. The predicted molar refractivity (Wildman–Crippen MR) is 91.6 cm³/mol. The third-order valence-corrected chi connectivity index (χ3v) is 4.45. The van der Waals surface area contributed by atoms with Crippen LogP contribution in [-0.4, -0.2) is 51.1 Å². The highest BCUT2D eigenvalue weighted by atomic mass is 16.2. The molecule has 0 atom stereocenters. The summed E-state index contributed by atoms with van der Waals surface area (Å²) in [5.41, 5.74) is 6.28. The van der Waals surface area contributed by atoms with E-state index < -0.39 is 0 Å². The number of amides is 2. The van der Waals surface area contributed by atoms with Crippen LogP contribution in [0.1, 0.15) is 18.7 Å². The highest BCUT2D eigenvalue weighted by Gasteiger charge is 2.24. The Kier molecular flexibility index (Phi) is 5.39. The van der Waals surface area contributed by atoms with Crippen molar-refractivity contribution in [3.8, 4) is 5.69 Å². The number of rotatable bonds is 6. The summed E-state index contributed by atoms with van der Waals surface area (Å²) in [7, 11) is 0. The maximum Gasteiger partial charge on any atom is 0.234 e. The standard InChI is InChI=1S/C17H22N6O2/c18-17(25)13-6-8-22(9-7-13)11-16(24)19-10-15-21-20-12-23(15)14-4-2-1-3-5-14/h1-5,12-13H,6-11H2,(H2,18,25)(H,19,24). The molecule has 132 valence electrons. The lowest BCUT2D eigenvalue weighted by atomic mass is 9.96. The summed E-state index contributed by atoms with van der Waals surface area (Å²) in [5, 5.41) is 10.9. The molecule has 8 nitrogen and oxygen atoms in total. The number of aromatic nitrogens is 3. The zero-order chi connectivity index (χ0) is 17.6. The number of nitrogens with zero attached hydrogens (tertiary/aromatic N) is 4. The SMILES string of the molecule is NC(=O)C1CCN(CC(=O)NCc2nncn2-c2ccccc2)CC1. The Morgan fingerprint density at radius 2 is 1.92 bits per heavy atom. The molecule has 1 fully saturated rings. The number of piperidine rings is 1. The Hall–Kier alpha value is -2.74. The first kappa shape index (κ1) is 17.1. The van der Waals surface area contributed by atoms with Crippen LogP contribution < -0.4 is 11.1 Å². The number of benzene rings is 1. The normalized spacial score (nSPS) is 15.8. The average molecular weight is 342 g/mol. The lowest BCUT2D eigenvalue weighted by molar-refractivity contribution is -0.124. The maximum absolute atomic E-state index is 12.2.